The van der Waals surface area contributed by atoms with Crippen LogP contribution in [0, 0.1) is 11.8 Å². The summed E-state index contributed by atoms with van der Waals surface area (Å²) < 4.78 is 21.4. The average molecular weight is 434 g/mol. The molecule has 0 spiro atoms. The van der Waals surface area contributed by atoms with Crippen molar-refractivity contribution in [3.8, 4) is 17.2 Å². The maximum Gasteiger partial charge on any atom is 0.326 e. The van der Waals surface area contributed by atoms with Gasteiger partial charge in [0.2, 0.25) is 17.6 Å². The molecule has 9 heteroatoms. The van der Waals surface area contributed by atoms with E-state index in [0.29, 0.717) is 35.7 Å². The number of nitrogens with zero attached hydrogens (tertiary/aromatic N) is 1. The number of nitrogens with one attached hydrogen (secondary N) is 1. The Kier molecular flexibility index (Phi) is 6.45. The number of carbonyl (C=O) groups excluding carboxylic acids is 3. The van der Waals surface area contributed by atoms with Crippen LogP contribution in [0.4, 0.5) is 0 Å². The Morgan fingerprint density at radius 1 is 1.03 bits per heavy atom. The average Bonchev–Trinajstić information content (AvgIpc) is 3.26. The van der Waals surface area contributed by atoms with Gasteiger partial charge in [0.25, 0.3) is 0 Å². The van der Waals surface area contributed by atoms with Gasteiger partial charge in [0, 0.05) is 12.6 Å². The van der Waals surface area contributed by atoms with E-state index in [1.807, 2.05) is 6.92 Å². The van der Waals surface area contributed by atoms with Crippen LogP contribution >= 0.6 is 0 Å². The molecule has 2 amide bonds. The molecule has 2 aliphatic heterocycles. The van der Waals surface area contributed by atoms with E-state index in [0.717, 1.165) is 0 Å². The second-order valence-electron chi connectivity index (χ2n) is 7.72. The van der Waals surface area contributed by atoms with Gasteiger partial charge in [-0.15, -0.1) is 0 Å². The summed E-state index contributed by atoms with van der Waals surface area (Å²) in [6.45, 7) is 3.92. The topological polar surface area (TPSA) is 103 Å². The lowest BCUT2D eigenvalue weighted by molar-refractivity contribution is -0.154. The first-order chi connectivity index (χ1) is 14.8. The molecular weight excluding hydrogens is 404 g/mol. The van der Waals surface area contributed by atoms with E-state index in [1.165, 1.54) is 33.3 Å². The molecule has 1 N–H and O–H groups in total. The van der Waals surface area contributed by atoms with E-state index < -0.39 is 29.4 Å². The molecule has 0 radical (unpaired) electrons. The van der Waals surface area contributed by atoms with Gasteiger partial charge < -0.3 is 18.9 Å². The van der Waals surface area contributed by atoms with Crippen molar-refractivity contribution in [1.29, 1.82) is 0 Å². The summed E-state index contributed by atoms with van der Waals surface area (Å²) in [4.78, 5) is 40.8. The largest absolute Gasteiger partial charge is 0.493 e. The Morgan fingerprint density at radius 2 is 1.65 bits per heavy atom. The Morgan fingerprint density at radius 3 is 2.10 bits per heavy atom. The van der Waals surface area contributed by atoms with Gasteiger partial charge in [0.05, 0.1) is 40.3 Å². The first-order valence-electron chi connectivity index (χ1n) is 10.4. The molecule has 4 atom stereocenters. The SMILES string of the molecule is CCC[C@]1(C(=O)OC)N[C@H](c2cc(OC)c(OC)c(OC)c2)[C@@H]2C(=O)N(CC)C(=O)[C@@H]21. The number of hydrogen-bond donors (Lipinski definition) is 1. The van der Waals surface area contributed by atoms with E-state index in [-0.39, 0.29) is 18.4 Å². The fraction of sp³-hybridized carbons (Fsp3) is 0.591. The van der Waals surface area contributed by atoms with Crippen molar-refractivity contribution in [1.82, 2.24) is 10.2 Å². The predicted octanol–water partition coefficient (Wildman–Crippen LogP) is 1.69. The maximum absolute atomic E-state index is 13.3. The Bertz CT molecular complexity index is 862. The van der Waals surface area contributed by atoms with Gasteiger partial charge >= 0.3 is 5.97 Å². The number of ether oxygens (including phenoxy) is 4. The summed E-state index contributed by atoms with van der Waals surface area (Å²) in [5.74, 6) is -1.53. The van der Waals surface area contributed by atoms with Gasteiger partial charge in [0.15, 0.2) is 11.5 Å². The van der Waals surface area contributed by atoms with Crippen LogP contribution in [0.15, 0.2) is 12.1 Å². The maximum atomic E-state index is 13.3. The summed E-state index contributed by atoms with van der Waals surface area (Å²) in [5, 5.41) is 3.33. The number of carbonyl (C=O) groups is 3. The third kappa shape index (κ3) is 3.31. The van der Waals surface area contributed by atoms with Crippen molar-refractivity contribution >= 4 is 17.8 Å². The number of likely N-dealkylation sites (tertiary alicyclic amines) is 1. The zero-order chi connectivity index (χ0) is 22.9. The minimum Gasteiger partial charge on any atom is -0.493 e. The Labute approximate surface area is 182 Å². The molecule has 1 aromatic carbocycles. The van der Waals surface area contributed by atoms with Gasteiger partial charge in [-0.25, -0.2) is 0 Å². The number of hydrogen-bond acceptors (Lipinski definition) is 8. The fourth-order valence-electron chi connectivity index (χ4n) is 5.04. The van der Waals surface area contributed by atoms with Crippen LogP contribution in [0.2, 0.25) is 0 Å². The van der Waals surface area contributed by atoms with E-state index in [2.05, 4.69) is 5.32 Å². The number of imide groups is 1. The third-order valence-corrected chi connectivity index (χ3v) is 6.30. The normalized spacial score (nSPS) is 27.3. The van der Waals surface area contributed by atoms with Gasteiger partial charge in [0.1, 0.15) is 5.54 Å². The lowest BCUT2D eigenvalue weighted by Crippen LogP contribution is -2.56. The summed E-state index contributed by atoms with van der Waals surface area (Å²) >= 11 is 0. The van der Waals surface area contributed by atoms with Crippen LogP contribution in [0.3, 0.4) is 0 Å². The third-order valence-electron chi connectivity index (χ3n) is 6.30. The quantitative estimate of drug-likeness (QED) is 0.487. The summed E-state index contributed by atoms with van der Waals surface area (Å²) in [7, 11) is 5.81. The molecule has 2 heterocycles. The van der Waals surface area contributed by atoms with Crippen LogP contribution < -0.4 is 19.5 Å². The minimum absolute atomic E-state index is 0.246. The number of benzene rings is 1. The second kappa shape index (κ2) is 8.74. The highest BCUT2D eigenvalue weighted by Gasteiger charge is 2.68. The molecule has 1 aromatic rings. The molecule has 2 saturated heterocycles. The first-order valence-corrected chi connectivity index (χ1v) is 10.4. The number of rotatable bonds is 8. The first kappa shape index (κ1) is 22.9. The second-order valence-corrected chi connectivity index (χ2v) is 7.72. The van der Waals surface area contributed by atoms with Crippen molar-refractivity contribution in [2.24, 2.45) is 11.8 Å². The van der Waals surface area contributed by atoms with Crippen LogP contribution in [-0.4, -0.2) is 63.2 Å². The van der Waals surface area contributed by atoms with E-state index >= 15 is 0 Å². The highest BCUT2D eigenvalue weighted by atomic mass is 16.5. The lowest BCUT2D eigenvalue weighted by atomic mass is 9.77. The Hall–Kier alpha value is -2.81. The number of methoxy groups -OCH3 is 4. The van der Waals surface area contributed by atoms with E-state index in [4.69, 9.17) is 18.9 Å². The molecule has 2 aliphatic rings. The summed E-state index contributed by atoms with van der Waals surface area (Å²) in [6, 6.07) is 2.86. The van der Waals surface area contributed by atoms with Gasteiger partial charge in [-0.2, -0.15) is 0 Å². The van der Waals surface area contributed by atoms with Crippen LogP contribution in [-0.2, 0) is 19.1 Å². The van der Waals surface area contributed by atoms with Crippen LogP contribution in [0.5, 0.6) is 17.2 Å². The molecule has 0 aliphatic carbocycles. The molecule has 0 aromatic heterocycles. The highest BCUT2D eigenvalue weighted by molar-refractivity contribution is 6.09. The van der Waals surface area contributed by atoms with Crippen LogP contribution in [0.25, 0.3) is 0 Å². The summed E-state index contributed by atoms with van der Waals surface area (Å²) in [5.41, 5.74) is -0.638. The molecule has 0 saturated carbocycles. The smallest absolute Gasteiger partial charge is 0.326 e. The van der Waals surface area contributed by atoms with Gasteiger partial charge in [-0.3, -0.25) is 24.6 Å². The van der Waals surface area contributed by atoms with E-state index in [9.17, 15) is 14.4 Å². The number of fused-ring (bicyclic) bond motifs is 1. The standard InChI is InChI=1S/C22H30N2O7/c1-7-9-22(21(27)31-6)16-15(19(25)24(8-2)20(16)26)17(23-22)12-10-13(28-3)18(30-5)14(11-12)29-4/h10-11,15-17,23H,7-9H2,1-6H3/t15-,16-,17-,22+/m1/s1. The highest BCUT2D eigenvalue weighted by Crippen LogP contribution is 2.52. The molecule has 3 rings (SSSR count). The van der Waals surface area contributed by atoms with Gasteiger partial charge in [-0.05, 0) is 31.0 Å². The zero-order valence-corrected chi connectivity index (χ0v) is 18.8. The van der Waals surface area contributed by atoms with Gasteiger partial charge in [-0.1, -0.05) is 13.3 Å². The summed E-state index contributed by atoms with van der Waals surface area (Å²) in [6.07, 6.45) is 0.985. The number of esters is 1. The van der Waals surface area contributed by atoms with Crippen molar-refractivity contribution in [3.63, 3.8) is 0 Å². The molecule has 2 fully saturated rings. The van der Waals surface area contributed by atoms with Crippen molar-refractivity contribution < 1.29 is 33.3 Å². The van der Waals surface area contributed by atoms with Crippen molar-refractivity contribution in [2.45, 2.75) is 38.3 Å². The molecule has 31 heavy (non-hydrogen) atoms. The molecule has 9 nitrogen and oxygen atoms in total. The molecule has 170 valence electrons. The molecule has 0 unspecified atom stereocenters. The van der Waals surface area contributed by atoms with Crippen molar-refractivity contribution in [3.05, 3.63) is 17.7 Å². The fourth-order valence-corrected chi connectivity index (χ4v) is 5.04. The molecule has 0 bridgehead atoms. The van der Waals surface area contributed by atoms with E-state index in [1.54, 1.807) is 19.1 Å². The van der Waals surface area contributed by atoms with Crippen molar-refractivity contribution in [2.75, 3.05) is 35.0 Å². The lowest BCUT2D eigenvalue weighted by Gasteiger charge is -2.32. The number of amides is 2. The zero-order valence-electron chi connectivity index (χ0n) is 18.8. The Balaban J connectivity index is 2.21. The minimum atomic E-state index is -1.30. The van der Waals surface area contributed by atoms with Crippen LogP contribution in [0.1, 0.15) is 38.3 Å². The molecular formula is C22H30N2O7. The predicted molar refractivity (Wildman–Crippen MR) is 111 cm³/mol. The monoisotopic (exact) mass is 434 g/mol.